The highest BCUT2D eigenvalue weighted by molar-refractivity contribution is 7.09. The summed E-state index contributed by atoms with van der Waals surface area (Å²) >= 11 is 1.64. The summed E-state index contributed by atoms with van der Waals surface area (Å²) in [7, 11) is 0. The standard InChI is InChI=1S/C21H28N4O2S/c26-21-15-24(14-20-23-10-11-28-20)12-19(27-16-17-6-4-5-9-22-17)13-25(21)18-7-2-1-3-8-18/h4-6,9-11,18-19H,1-3,7-8,12-16H2/t19-/m1/s1. The summed E-state index contributed by atoms with van der Waals surface area (Å²) in [5.74, 6) is 0.229. The Kier molecular flexibility index (Phi) is 6.67. The summed E-state index contributed by atoms with van der Waals surface area (Å²) in [4.78, 5) is 26.1. The summed E-state index contributed by atoms with van der Waals surface area (Å²) in [5.41, 5.74) is 0.925. The van der Waals surface area contributed by atoms with Gasteiger partial charge in [0.2, 0.25) is 5.91 Å². The van der Waals surface area contributed by atoms with Gasteiger partial charge in [-0.15, -0.1) is 11.3 Å². The van der Waals surface area contributed by atoms with Crippen molar-refractivity contribution in [2.75, 3.05) is 19.6 Å². The van der Waals surface area contributed by atoms with Crippen molar-refractivity contribution in [2.24, 2.45) is 0 Å². The Morgan fingerprint density at radius 2 is 2.00 bits per heavy atom. The second kappa shape index (κ2) is 9.58. The molecule has 6 nitrogen and oxygen atoms in total. The summed E-state index contributed by atoms with van der Waals surface area (Å²) in [5, 5.41) is 3.03. The molecular weight excluding hydrogens is 372 g/mol. The van der Waals surface area contributed by atoms with Crippen LogP contribution in [0.25, 0.3) is 0 Å². The van der Waals surface area contributed by atoms with Crippen LogP contribution >= 0.6 is 11.3 Å². The van der Waals surface area contributed by atoms with Crippen LogP contribution in [-0.2, 0) is 22.7 Å². The maximum atomic E-state index is 13.1. The van der Waals surface area contributed by atoms with Crippen LogP contribution in [0.2, 0.25) is 0 Å². The second-order valence-corrected chi connectivity index (χ2v) is 8.67. The number of rotatable bonds is 6. The van der Waals surface area contributed by atoms with Gasteiger partial charge in [0.25, 0.3) is 0 Å². The van der Waals surface area contributed by atoms with Crippen LogP contribution in [0.1, 0.15) is 42.8 Å². The number of pyridine rings is 1. The van der Waals surface area contributed by atoms with E-state index < -0.39 is 0 Å². The lowest BCUT2D eigenvalue weighted by molar-refractivity contribution is -0.135. The largest absolute Gasteiger partial charge is 0.369 e. The summed E-state index contributed by atoms with van der Waals surface area (Å²) in [6.45, 7) is 3.03. The third kappa shape index (κ3) is 5.16. The fraction of sp³-hybridized carbons (Fsp3) is 0.571. The molecule has 28 heavy (non-hydrogen) atoms. The van der Waals surface area contributed by atoms with Crippen molar-refractivity contribution in [2.45, 2.75) is 57.4 Å². The molecule has 2 aliphatic rings. The molecule has 0 radical (unpaired) electrons. The van der Waals surface area contributed by atoms with E-state index in [1.165, 1.54) is 19.3 Å². The van der Waals surface area contributed by atoms with Gasteiger partial charge in [-0.2, -0.15) is 0 Å². The number of thiazole rings is 1. The first-order valence-electron chi connectivity index (χ1n) is 10.2. The van der Waals surface area contributed by atoms with Crippen LogP contribution in [0, 0.1) is 0 Å². The van der Waals surface area contributed by atoms with E-state index in [1.807, 2.05) is 29.8 Å². The predicted molar refractivity (Wildman–Crippen MR) is 109 cm³/mol. The Labute approximate surface area is 170 Å². The van der Waals surface area contributed by atoms with Crippen LogP contribution in [0.5, 0.6) is 0 Å². The third-order valence-corrected chi connectivity index (χ3v) is 6.36. The first kappa shape index (κ1) is 19.5. The van der Waals surface area contributed by atoms with Crippen LogP contribution in [0.4, 0.5) is 0 Å². The highest BCUT2D eigenvalue weighted by Gasteiger charge is 2.33. The van der Waals surface area contributed by atoms with Gasteiger partial charge in [0.15, 0.2) is 0 Å². The maximum absolute atomic E-state index is 13.1. The fourth-order valence-electron chi connectivity index (χ4n) is 4.19. The Balaban J connectivity index is 1.46. The number of nitrogens with zero attached hydrogens (tertiary/aromatic N) is 4. The Morgan fingerprint density at radius 3 is 2.75 bits per heavy atom. The molecule has 2 fully saturated rings. The number of hydrogen-bond donors (Lipinski definition) is 0. The molecule has 1 saturated heterocycles. The molecule has 1 amide bonds. The minimum absolute atomic E-state index is 0.0182. The van der Waals surface area contributed by atoms with E-state index in [9.17, 15) is 4.79 Å². The molecule has 0 aromatic carbocycles. The molecule has 0 spiro atoms. The molecule has 4 rings (SSSR count). The minimum atomic E-state index is -0.0182. The Morgan fingerprint density at radius 1 is 1.11 bits per heavy atom. The quantitative estimate of drug-likeness (QED) is 0.746. The predicted octanol–water partition coefficient (Wildman–Crippen LogP) is 3.10. The molecule has 0 unspecified atom stereocenters. The van der Waals surface area contributed by atoms with Crippen molar-refractivity contribution >= 4 is 17.2 Å². The Bertz CT molecular complexity index is 734. The zero-order valence-corrected chi connectivity index (χ0v) is 17.0. The molecule has 2 aromatic rings. The number of carbonyl (C=O) groups is 1. The molecule has 150 valence electrons. The maximum Gasteiger partial charge on any atom is 0.237 e. The van der Waals surface area contributed by atoms with Crippen LogP contribution in [-0.4, -0.2) is 57.5 Å². The topological polar surface area (TPSA) is 58.6 Å². The zero-order chi connectivity index (χ0) is 19.2. The number of hydrogen-bond acceptors (Lipinski definition) is 6. The molecule has 7 heteroatoms. The summed E-state index contributed by atoms with van der Waals surface area (Å²) in [6.07, 6.45) is 9.55. The molecule has 1 saturated carbocycles. The van der Waals surface area contributed by atoms with Gasteiger partial charge in [-0.3, -0.25) is 14.7 Å². The van der Waals surface area contributed by atoms with E-state index in [-0.39, 0.29) is 12.0 Å². The lowest BCUT2D eigenvalue weighted by Gasteiger charge is -2.35. The molecule has 2 aromatic heterocycles. The number of amides is 1. The highest BCUT2D eigenvalue weighted by atomic mass is 32.1. The van der Waals surface area contributed by atoms with E-state index in [2.05, 4.69) is 19.8 Å². The van der Waals surface area contributed by atoms with Crippen molar-refractivity contribution in [1.82, 2.24) is 19.8 Å². The van der Waals surface area contributed by atoms with Gasteiger partial charge in [0.05, 0.1) is 31.5 Å². The number of aromatic nitrogens is 2. The van der Waals surface area contributed by atoms with Crippen molar-refractivity contribution < 1.29 is 9.53 Å². The van der Waals surface area contributed by atoms with Crippen LogP contribution < -0.4 is 0 Å². The molecule has 3 heterocycles. The van der Waals surface area contributed by atoms with E-state index in [0.717, 1.165) is 30.1 Å². The SMILES string of the molecule is O=C1CN(Cc2nccs2)C[C@@H](OCc2ccccn2)CN1C1CCCCC1. The van der Waals surface area contributed by atoms with Gasteiger partial charge in [-0.05, 0) is 25.0 Å². The van der Waals surface area contributed by atoms with Crippen molar-refractivity contribution in [3.05, 3.63) is 46.7 Å². The third-order valence-electron chi connectivity index (χ3n) is 5.59. The summed E-state index contributed by atoms with van der Waals surface area (Å²) in [6, 6.07) is 6.23. The first-order chi connectivity index (χ1) is 13.8. The molecule has 0 N–H and O–H groups in total. The van der Waals surface area contributed by atoms with E-state index in [0.29, 0.717) is 32.3 Å². The minimum Gasteiger partial charge on any atom is -0.369 e. The van der Waals surface area contributed by atoms with Gasteiger partial charge in [0, 0.05) is 36.9 Å². The van der Waals surface area contributed by atoms with Crippen molar-refractivity contribution in [3.8, 4) is 0 Å². The second-order valence-electron chi connectivity index (χ2n) is 7.69. The van der Waals surface area contributed by atoms with E-state index >= 15 is 0 Å². The van der Waals surface area contributed by atoms with E-state index in [1.54, 1.807) is 17.5 Å². The lowest BCUT2D eigenvalue weighted by Crippen LogP contribution is -2.45. The zero-order valence-electron chi connectivity index (χ0n) is 16.2. The van der Waals surface area contributed by atoms with Gasteiger partial charge in [0.1, 0.15) is 5.01 Å². The molecular formula is C21H28N4O2S. The Hall–Kier alpha value is -1.83. The molecule has 1 aliphatic heterocycles. The molecule has 1 aliphatic carbocycles. The number of carbonyl (C=O) groups excluding carboxylic acids is 1. The fourth-order valence-corrected chi connectivity index (χ4v) is 4.85. The number of ether oxygens (including phenoxy) is 1. The van der Waals surface area contributed by atoms with Crippen LogP contribution in [0.15, 0.2) is 36.0 Å². The normalized spacial score (nSPS) is 22.4. The molecule has 0 bridgehead atoms. The highest BCUT2D eigenvalue weighted by Crippen LogP contribution is 2.25. The van der Waals surface area contributed by atoms with Gasteiger partial charge >= 0.3 is 0 Å². The van der Waals surface area contributed by atoms with Gasteiger partial charge in [-0.25, -0.2) is 4.98 Å². The lowest BCUT2D eigenvalue weighted by atomic mass is 9.94. The average Bonchev–Trinajstić information content (AvgIpc) is 3.18. The van der Waals surface area contributed by atoms with Crippen molar-refractivity contribution in [3.63, 3.8) is 0 Å². The monoisotopic (exact) mass is 400 g/mol. The smallest absolute Gasteiger partial charge is 0.237 e. The van der Waals surface area contributed by atoms with Crippen molar-refractivity contribution in [1.29, 1.82) is 0 Å². The van der Waals surface area contributed by atoms with E-state index in [4.69, 9.17) is 4.74 Å². The first-order valence-corrected chi connectivity index (χ1v) is 11.1. The molecule has 1 atom stereocenters. The van der Waals surface area contributed by atoms with Gasteiger partial charge in [-0.1, -0.05) is 25.3 Å². The average molecular weight is 401 g/mol. The van der Waals surface area contributed by atoms with Gasteiger partial charge < -0.3 is 9.64 Å². The summed E-state index contributed by atoms with van der Waals surface area (Å²) < 4.78 is 6.25. The van der Waals surface area contributed by atoms with Crippen LogP contribution in [0.3, 0.4) is 0 Å².